The van der Waals surface area contributed by atoms with Gasteiger partial charge in [-0.25, -0.2) is 0 Å². The van der Waals surface area contributed by atoms with Gasteiger partial charge in [-0.2, -0.15) is 13.2 Å². The zero-order valence-corrected chi connectivity index (χ0v) is 13.7. The second-order valence-electron chi connectivity index (χ2n) is 6.58. The monoisotopic (exact) mass is 362 g/mol. The molecule has 0 aliphatic carbocycles. The second-order valence-corrected chi connectivity index (χ2v) is 6.58. The molecule has 0 unspecified atom stereocenters. The lowest BCUT2D eigenvalue weighted by Crippen LogP contribution is -2.34. The van der Waals surface area contributed by atoms with Gasteiger partial charge in [-0.1, -0.05) is 12.1 Å². The fraction of sp³-hybridized carbons (Fsp3) is 0.316. The average Bonchev–Trinajstić information content (AvgIpc) is 3.25. The number of carbonyl (C=O) groups is 1. The molecule has 2 bridgehead atoms. The third kappa shape index (κ3) is 3.32. The number of carbonyl (C=O) groups excluding carboxylic acids is 1. The summed E-state index contributed by atoms with van der Waals surface area (Å²) >= 11 is 0. The molecule has 2 aromatic carbocycles. The summed E-state index contributed by atoms with van der Waals surface area (Å²) in [5.74, 6) is -0.372. The zero-order valence-electron chi connectivity index (χ0n) is 13.7. The van der Waals surface area contributed by atoms with Crippen molar-refractivity contribution in [3.63, 3.8) is 0 Å². The quantitative estimate of drug-likeness (QED) is 0.874. The van der Waals surface area contributed by atoms with Gasteiger partial charge in [0.15, 0.2) is 0 Å². The lowest BCUT2D eigenvalue weighted by atomic mass is 10.0. The van der Waals surface area contributed by atoms with Gasteiger partial charge in [-0.3, -0.25) is 4.79 Å². The zero-order chi connectivity index (χ0) is 18.3. The molecule has 2 aliphatic heterocycles. The van der Waals surface area contributed by atoms with Gasteiger partial charge in [0.2, 0.25) is 0 Å². The standard InChI is InChI=1S/C19H17F3N2O2/c20-19(21,22)13-5-7-14(8-6-13)24-18(25)12-3-1-11(2-4-12)17-16-9-15(26-17)10-23-16/h1-8,15-17,23H,9-10H2,(H,24,25)/t15-,16-,17+/m0/s1. The molecule has 0 aromatic heterocycles. The van der Waals surface area contributed by atoms with E-state index in [0.717, 1.165) is 30.7 Å². The van der Waals surface area contributed by atoms with Crippen molar-refractivity contribution in [2.24, 2.45) is 0 Å². The van der Waals surface area contributed by atoms with Crippen LogP contribution in [0.5, 0.6) is 0 Å². The molecule has 2 saturated heterocycles. The molecule has 2 aromatic rings. The Morgan fingerprint density at radius 2 is 1.77 bits per heavy atom. The third-order valence-corrected chi connectivity index (χ3v) is 4.80. The van der Waals surface area contributed by atoms with E-state index in [1.165, 1.54) is 12.1 Å². The molecule has 1 amide bonds. The van der Waals surface area contributed by atoms with Crippen molar-refractivity contribution < 1.29 is 22.7 Å². The molecule has 2 heterocycles. The first-order valence-corrected chi connectivity index (χ1v) is 8.37. The van der Waals surface area contributed by atoms with Gasteiger partial charge in [-0.05, 0) is 48.4 Å². The number of fused-ring (bicyclic) bond motifs is 2. The minimum Gasteiger partial charge on any atom is -0.367 e. The lowest BCUT2D eigenvalue weighted by molar-refractivity contribution is -0.137. The molecule has 0 spiro atoms. The number of hydrogen-bond donors (Lipinski definition) is 2. The number of alkyl halides is 3. The van der Waals surface area contributed by atoms with E-state index in [2.05, 4.69) is 10.6 Å². The van der Waals surface area contributed by atoms with Crippen LogP contribution < -0.4 is 10.6 Å². The van der Waals surface area contributed by atoms with Crippen LogP contribution in [0.15, 0.2) is 48.5 Å². The SMILES string of the molecule is O=C(Nc1ccc(C(F)(F)F)cc1)c1ccc([C@H]2O[C@@H]3CN[C@H]2C3)cc1. The predicted octanol–water partition coefficient (Wildman–Crippen LogP) is 3.76. The maximum absolute atomic E-state index is 12.6. The molecule has 3 atom stereocenters. The van der Waals surface area contributed by atoms with E-state index in [1.54, 1.807) is 12.1 Å². The van der Waals surface area contributed by atoms with E-state index >= 15 is 0 Å². The van der Waals surface area contributed by atoms with Crippen LogP contribution in [0.25, 0.3) is 0 Å². The molecule has 2 fully saturated rings. The highest BCUT2D eigenvalue weighted by Crippen LogP contribution is 2.36. The number of halogens is 3. The molecule has 2 aliphatic rings. The van der Waals surface area contributed by atoms with Gasteiger partial charge < -0.3 is 15.4 Å². The number of benzene rings is 2. The average molecular weight is 362 g/mol. The summed E-state index contributed by atoms with van der Waals surface area (Å²) in [7, 11) is 0. The highest BCUT2D eigenvalue weighted by atomic mass is 19.4. The van der Waals surface area contributed by atoms with Crippen molar-refractivity contribution in [1.29, 1.82) is 0 Å². The Kier molecular flexibility index (Phi) is 4.20. The predicted molar refractivity (Wildman–Crippen MR) is 89.9 cm³/mol. The Bertz CT molecular complexity index is 803. The molecular weight excluding hydrogens is 345 g/mol. The molecule has 0 saturated carbocycles. The van der Waals surface area contributed by atoms with Gasteiger partial charge in [-0.15, -0.1) is 0 Å². The second kappa shape index (κ2) is 6.41. The summed E-state index contributed by atoms with van der Waals surface area (Å²) < 4.78 is 43.6. The van der Waals surface area contributed by atoms with Crippen molar-refractivity contribution in [2.75, 3.05) is 11.9 Å². The van der Waals surface area contributed by atoms with Gasteiger partial charge in [0.05, 0.1) is 17.8 Å². The van der Waals surface area contributed by atoms with Gasteiger partial charge in [0, 0.05) is 23.8 Å². The van der Waals surface area contributed by atoms with Crippen LogP contribution in [-0.4, -0.2) is 24.6 Å². The molecule has 136 valence electrons. The first-order valence-electron chi connectivity index (χ1n) is 8.37. The minimum absolute atomic E-state index is 0.000717. The van der Waals surface area contributed by atoms with Crippen molar-refractivity contribution in [3.8, 4) is 0 Å². The van der Waals surface area contributed by atoms with Crippen molar-refractivity contribution in [3.05, 3.63) is 65.2 Å². The van der Waals surface area contributed by atoms with E-state index in [1.807, 2.05) is 12.1 Å². The number of rotatable bonds is 3. The Morgan fingerprint density at radius 1 is 1.08 bits per heavy atom. The molecule has 4 rings (SSSR count). The maximum Gasteiger partial charge on any atom is 0.416 e. The number of hydrogen-bond acceptors (Lipinski definition) is 3. The first kappa shape index (κ1) is 17.1. The van der Waals surface area contributed by atoms with Crippen LogP contribution in [0, 0.1) is 0 Å². The van der Waals surface area contributed by atoms with E-state index in [4.69, 9.17) is 4.74 Å². The topological polar surface area (TPSA) is 50.4 Å². The van der Waals surface area contributed by atoms with Crippen molar-refractivity contribution in [2.45, 2.75) is 30.8 Å². The van der Waals surface area contributed by atoms with Gasteiger partial charge >= 0.3 is 6.18 Å². The molecule has 2 N–H and O–H groups in total. The van der Waals surface area contributed by atoms with Crippen LogP contribution in [0.4, 0.5) is 18.9 Å². The smallest absolute Gasteiger partial charge is 0.367 e. The number of ether oxygens (including phenoxy) is 1. The maximum atomic E-state index is 12.6. The van der Waals surface area contributed by atoms with E-state index in [0.29, 0.717) is 17.3 Å². The molecule has 0 radical (unpaired) electrons. The third-order valence-electron chi connectivity index (χ3n) is 4.80. The number of anilines is 1. The fourth-order valence-corrected chi connectivity index (χ4v) is 3.45. The van der Waals surface area contributed by atoms with Crippen LogP contribution in [0.3, 0.4) is 0 Å². The fourth-order valence-electron chi connectivity index (χ4n) is 3.45. The van der Waals surface area contributed by atoms with Crippen LogP contribution >= 0.6 is 0 Å². The highest BCUT2D eigenvalue weighted by Gasteiger charge is 2.41. The van der Waals surface area contributed by atoms with Gasteiger partial charge in [0.25, 0.3) is 5.91 Å². The molecule has 26 heavy (non-hydrogen) atoms. The summed E-state index contributed by atoms with van der Waals surface area (Å²) in [5, 5.41) is 6.01. The first-order chi connectivity index (χ1) is 12.4. The lowest BCUT2D eigenvalue weighted by Gasteiger charge is -2.23. The highest BCUT2D eigenvalue weighted by molar-refractivity contribution is 6.04. The minimum atomic E-state index is -4.39. The Labute approximate surface area is 148 Å². The summed E-state index contributed by atoms with van der Waals surface area (Å²) in [6.45, 7) is 0.884. The van der Waals surface area contributed by atoms with E-state index < -0.39 is 11.7 Å². The summed E-state index contributed by atoms with van der Waals surface area (Å²) in [4.78, 5) is 12.3. The van der Waals surface area contributed by atoms with E-state index in [-0.39, 0.29) is 18.1 Å². The van der Waals surface area contributed by atoms with Crippen LogP contribution in [-0.2, 0) is 10.9 Å². The Morgan fingerprint density at radius 3 is 2.31 bits per heavy atom. The largest absolute Gasteiger partial charge is 0.416 e. The Balaban J connectivity index is 1.42. The van der Waals surface area contributed by atoms with Crippen molar-refractivity contribution in [1.82, 2.24) is 5.32 Å². The van der Waals surface area contributed by atoms with Gasteiger partial charge in [0.1, 0.15) is 0 Å². The number of morpholine rings is 1. The Hall–Kier alpha value is -2.38. The molecule has 4 nitrogen and oxygen atoms in total. The van der Waals surface area contributed by atoms with Crippen LogP contribution in [0.1, 0.15) is 34.0 Å². The number of amides is 1. The summed E-state index contributed by atoms with van der Waals surface area (Å²) in [6.07, 6.45) is -3.14. The normalized spacial score (nSPS) is 24.7. The summed E-state index contributed by atoms with van der Waals surface area (Å²) in [6, 6.07) is 11.8. The molecular formula is C19H17F3N2O2. The number of nitrogens with one attached hydrogen (secondary N) is 2. The van der Waals surface area contributed by atoms with E-state index in [9.17, 15) is 18.0 Å². The summed E-state index contributed by atoms with van der Waals surface area (Å²) in [5.41, 5.74) is 1.01. The van der Waals surface area contributed by atoms with Crippen molar-refractivity contribution >= 4 is 11.6 Å². The van der Waals surface area contributed by atoms with Crippen LogP contribution in [0.2, 0.25) is 0 Å². The molecule has 7 heteroatoms.